The first-order valence-electron chi connectivity index (χ1n) is 5.00. The van der Waals surface area contributed by atoms with Crippen LogP contribution in [0.2, 0.25) is 0 Å². The highest BCUT2D eigenvalue weighted by atomic mass is 32.2. The van der Waals surface area contributed by atoms with Gasteiger partial charge in [0.1, 0.15) is 6.29 Å². The zero-order valence-electron chi connectivity index (χ0n) is 8.44. The average Bonchev–Trinajstić information content (AvgIpc) is 2.35. The van der Waals surface area contributed by atoms with Crippen molar-refractivity contribution < 1.29 is 4.79 Å². The minimum atomic E-state index is 0.715. The van der Waals surface area contributed by atoms with E-state index in [9.17, 15) is 4.79 Å². The van der Waals surface area contributed by atoms with E-state index in [1.807, 2.05) is 30.3 Å². The SMILES string of the molecule is O=Cc1ccc2c(c1)Sc1ccccc1N2. The van der Waals surface area contributed by atoms with Crippen molar-refractivity contribution in [1.82, 2.24) is 0 Å². The number of hydrogen-bond acceptors (Lipinski definition) is 3. The van der Waals surface area contributed by atoms with Crippen molar-refractivity contribution >= 4 is 29.4 Å². The molecule has 3 heteroatoms. The van der Waals surface area contributed by atoms with Crippen molar-refractivity contribution in [1.29, 1.82) is 0 Å². The second-order valence-corrected chi connectivity index (χ2v) is 4.68. The number of benzene rings is 2. The van der Waals surface area contributed by atoms with Gasteiger partial charge >= 0.3 is 0 Å². The van der Waals surface area contributed by atoms with Crippen LogP contribution in [0.1, 0.15) is 10.4 Å². The summed E-state index contributed by atoms with van der Waals surface area (Å²) in [5.74, 6) is 0. The summed E-state index contributed by atoms with van der Waals surface area (Å²) < 4.78 is 0. The molecular weight excluding hydrogens is 218 g/mol. The lowest BCUT2D eigenvalue weighted by atomic mass is 10.2. The van der Waals surface area contributed by atoms with Crippen molar-refractivity contribution in [3.63, 3.8) is 0 Å². The molecule has 0 spiro atoms. The fourth-order valence-electron chi connectivity index (χ4n) is 1.72. The molecule has 0 saturated carbocycles. The van der Waals surface area contributed by atoms with E-state index in [4.69, 9.17) is 0 Å². The van der Waals surface area contributed by atoms with Gasteiger partial charge in [0.25, 0.3) is 0 Å². The average molecular weight is 227 g/mol. The monoisotopic (exact) mass is 227 g/mol. The van der Waals surface area contributed by atoms with Crippen LogP contribution in [0, 0.1) is 0 Å². The van der Waals surface area contributed by atoms with Gasteiger partial charge in [0.05, 0.1) is 11.4 Å². The third-order valence-corrected chi connectivity index (χ3v) is 3.65. The summed E-state index contributed by atoms with van der Waals surface area (Å²) in [5.41, 5.74) is 2.90. The Bertz CT molecular complexity index is 566. The first-order valence-corrected chi connectivity index (χ1v) is 5.81. The van der Waals surface area contributed by atoms with Crippen molar-refractivity contribution in [2.75, 3.05) is 5.32 Å². The number of aldehydes is 1. The number of nitrogens with one attached hydrogen (secondary N) is 1. The number of carbonyl (C=O) groups excluding carboxylic acids is 1. The zero-order chi connectivity index (χ0) is 11.0. The fraction of sp³-hybridized carbons (Fsp3) is 0. The van der Waals surface area contributed by atoms with E-state index in [0.717, 1.165) is 22.6 Å². The lowest BCUT2D eigenvalue weighted by Crippen LogP contribution is -1.99. The minimum Gasteiger partial charge on any atom is -0.354 e. The Balaban J connectivity index is 2.08. The Kier molecular flexibility index (Phi) is 2.18. The molecule has 1 heterocycles. The Hall–Kier alpha value is -1.74. The summed E-state index contributed by atoms with van der Waals surface area (Å²) in [6.45, 7) is 0. The summed E-state index contributed by atoms with van der Waals surface area (Å²) in [5, 5.41) is 3.36. The van der Waals surface area contributed by atoms with Gasteiger partial charge in [-0.05, 0) is 30.3 Å². The largest absolute Gasteiger partial charge is 0.354 e. The number of hydrogen-bond donors (Lipinski definition) is 1. The van der Waals surface area contributed by atoms with Gasteiger partial charge in [-0.3, -0.25) is 4.79 Å². The number of carbonyl (C=O) groups is 1. The molecule has 0 saturated heterocycles. The third kappa shape index (κ3) is 1.49. The lowest BCUT2D eigenvalue weighted by molar-refractivity contribution is 0.112. The van der Waals surface area contributed by atoms with Crippen LogP contribution in [0.25, 0.3) is 0 Å². The van der Waals surface area contributed by atoms with E-state index in [0.29, 0.717) is 5.56 Å². The van der Waals surface area contributed by atoms with Gasteiger partial charge in [0.2, 0.25) is 0 Å². The van der Waals surface area contributed by atoms with Crippen LogP contribution >= 0.6 is 11.8 Å². The number of para-hydroxylation sites is 1. The molecule has 0 unspecified atom stereocenters. The maximum absolute atomic E-state index is 10.7. The maximum Gasteiger partial charge on any atom is 0.150 e. The van der Waals surface area contributed by atoms with E-state index in [1.165, 1.54) is 4.90 Å². The van der Waals surface area contributed by atoms with Gasteiger partial charge in [-0.25, -0.2) is 0 Å². The second-order valence-electron chi connectivity index (χ2n) is 3.60. The Morgan fingerprint density at radius 2 is 1.81 bits per heavy atom. The molecule has 16 heavy (non-hydrogen) atoms. The normalized spacial score (nSPS) is 12.2. The highest BCUT2D eigenvalue weighted by molar-refractivity contribution is 7.99. The molecule has 2 nitrogen and oxygen atoms in total. The molecule has 2 aromatic rings. The quantitative estimate of drug-likeness (QED) is 0.642. The van der Waals surface area contributed by atoms with Crippen LogP contribution < -0.4 is 5.32 Å². The molecule has 0 radical (unpaired) electrons. The van der Waals surface area contributed by atoms with E-state index >= 15 is 0 Å². The summed E-state index contributed by atoms with van der Waals surface area (Å²) >= 11 is 1.69. The van der Waals surface area contributed by atoms with Gasteiger partial charge in [0, 0.05) is 15.4 Å². The summed E-state index contributed by atoms with van der Waals surface area (Å²) in [7, 11) is 0. The van der Waals surface area contributed by atoms with Gasteiger partial charge in [-0.1, -0.05) is 23.9 Å². The van der Waals surface area contributed by atoms with Gasteiger partial charge in [-0.15, -0.1) is 0 Å². The van der Waals surface area contributed by atoms with Crippen LogP contribution in [0.3, 0.4) is 0 Å². The summed E-state index contributed by atoms with van der Waals surface area (Å²) in [6, 6.07) is 13.8. The smallest absolute Gasteiger partial charge is 0.150 e. The lowest BCUT2D eigenvalue weighted by Gasteiger charge is -2.20. The number of anilines is 2. The van der Waals surface area contributed by atoms with Gasteiger partial charge in [0.15, 0.2) is 0 Å². The number of fused-ring (bicyclic) bond motifs is 2. The van der Waals surface area contributed by atoms with E-state index < -0.39 is 0 Å². The highest BCUT2D eigenvalue weighted by Gasteiger charge is 2.14. The molecule has 0 atom stereocenters. The molecule has 0 amide bonds. The molecule has 1 N–H and O–H groups in total. The molecular formula is C13H9NOS. The standard InChI is InChI=1S/C13H9NOS/c15-8-9-5-6-11-13(7-9)16-12-4-2-1-3-10(12)14-11/h1-8,14H. The predicted octanol–water partition coefficient (Wildman–Crippen LogP) is 3.71. The highest BCUT2D eigenvalue weighted by Crippen LogP contribution is 2.43. The van der Waals surface area contributed by atoms with Crippen molar-refractivity contribution in [2.24, 2.45) is 0 Å². The molecule has 1 aliphatic heterocycles. The van der Waals surface area contributed by atoms with Crippen LogP contribution in [0.15, 0.2) is 52.3 Å². The van der Waals surface area contributed by atoms with Crippen LogP contribution in [-0.2, 0) is 0 Å². The summed E-state index contributed by atoms with van der Waals surface area (Å²) in [4.78, 5) is 13.0. The Morgan fingerprint density at radius 3 is 2.69 bits per heavy atom. The van der Waals surface area contributed by atoms with Crippen molar-refractivity contribution in [3.8, 4) is 0 Å². The molecule has 0 fully saturated rings. The molecule has 78 valence electrons. The fourth-order valence-corrected chi connectivity index (χ4v) is 2.76. The number of rotatable bonds is 1. The first kappa shape index (κ1) is 9.48. The molecule has 2 aromatic carbocycles. The topological polar surface area (TPSA) is 29.1 Å². The maximum atomic E-state index is 10.7. The molecule has 0 bridgehead atoms. The molecule has 1 aliphatic rings. The Labute approximate surface area is 97.7 Å². The molecule has 0 aromatic heterocycles. The Morgan fingerprint density at radius 1 is 1.00 bits per heavy atom. The third-order valence-electron chi connectivity index (χ3n) is 2.52. The van der Waals surface area contributed by atoms with Gasteiger partial charge < -0.3 is 5.32 Å². The molecule has 3 rings (SSSR count). The predicted molar refractivity (Wildman–Crippen MR) is 65.7 cm³/mol. The summed E-state index contributed by atoms with van der Waals surface area (Å²) in [6.07, 6.45) is 0.876. The zero-order valence-corrected chi connectivity index (χ0v) is 9.25. The van der Waals surface area contributed by atoms with E-state index in [1.54, 1.807) is 11.8 Å². The van der Waals surface area contributed by atoms with Crippen LogP contribution in [0.5, 0.6) is 0 Å². The minimum absolute atomic E-state index is 0.715. The van der Waals surface area contributed by atoms with E-state index in [2.05, 4.69) is 17.4 Å². The first-order chi connectivity index (χ1) is 7.86. The van der Waals surface area contributed by atoms with Crippen LogP contribution in [0.4, 0.5) is 11.4 Å². The van der Waals surface area contributed by atoms with Gasteiger partial charge in [-0.2, -0.15) is 0 Å². The second kappa shape index (κ2) is 3.68. The van der Waals surface area contributed by atoms with Crippen LogP contribution in [-0.4, -0.2) is 6.29 Å². The van der Waals surface area contributed by atoms with Crippen molar-refractivity contribution in [3.05, 3.63) is 48.0 Å². The van der Waals surface area contributed by atoms with E-state index in [-0.39, 0.29) is 0 Å². The molecule has 0 aliphatic carbocycles. The van der Waals surface area contributed by atoms with Crippen molar-refractivity contribution in [2.45, 2.75) is 9.79 Å².